The molecule has 0 bridgehead atoms. The minimum absolute atomic E-state index is 0.0837. The van der Waals surface area contributed by atoms with E-state index < -0.39 is 0 Å². The van der Waals surface area contributed by atoms with Crippen molar-refractivity contribution < 1.29 is 0 Å². The summed E-state index contributed by atoms with van der Waals surface area (Å²) < 4.78 is 2.46. The van der Waals surface area contributed by atoms with E-state index >= 15 is 0 Å². The van der Waals surface area contributed by atoms with Crippen LogP contribution in [0.1, 0.15) is 65.5 Å². The van der Waals surface area contributed by atoms with E-state index in [0.29, 0.717) is 0 Å². The molecule has 248 valence electrons. The van der Waals surface area contributed by atoms with Crippen molar-refractivity contribution >= 4 is 40.1 Å². The molecular formula is C45H47ClN3+. The highest BCUT2D eigenvalue weighted by molar-refractivity contribution is 6.30. The average molecular weight is 665 g/mol. The number of nitrogens with zero attached hydrogens (tertiary/aromatic N) is 3. The third-order valence-corrected chi connectivity index (χ3v) is 10.9. The number of hydrogen-bond acceptors (Lipinski definition) is 2. The summed E-state index contributed by atoms with van der Waals surface area (Å²) in [6, 6.07) is 36.8. The Labute approximate surface area is 297 Å². The zero-order valence-electron chi connectivity index (χ0n) is 29.7. The Balaban J connectivity index is 1.42. The molecule has 3 nitrogen and oxygen atoms in total. The summed E-state index contributed by atoms with van der Waals surface area (Å²) in [5.74, 6) is 0. The number of fused-ring (bicyclic) bond motifs is 2. The van der Waals surface area contributed by atoms with Gasteiger partial charge in [-0.2, -0.15) is 4.58 Å². The average Bonchev–Trinajstić information content (AvgIpc) is 3.68. The molecule has 0 saturated heterocycles. The summed E-state index contributed by atoms with van der Waals surface area (Å²) in [5.41, 5.74) is 13.9. The molecule has 7 rings (SSSR count). The molecule has 0 radical (unpaired) electrons. The van der Waals surface area contributed by atoms with Gasteiger partial charge in [-0.15, -0.1) is 0 Å². The Morgan fingerprint density at radius 1 is 0.592 bits per heavy atom. The largest absolute Gasteiger partial charge is 0.344 e. The third kappa shape index (κ3) is 5.68. The predicted molar refractivity (Wildman–Crippen MR) is 211 cm³/mol. The maximum Gasteiger partial charge on any atom is 0.218 e. The van der Waals surface area contributed by atoms with E-state index in [0.717, 1.165) is 42.3 Å². The van der Waals surface area contributed by atoms with Crippen molar-refractivity contribution in [3.05, 3.63) is 166 Å². The normalized spacial score (nSPS) is 20.9. The van der Waals surface area contributed by atoms with E-state index in [2.05, 4.69) is 177 Å². The predicted octanol–water partition coefficient (Wildman–Crippen LogP) is 11.7. The van der Waals surface area contributed by atoms with Crippen molar-refractivity contribution in [1.29, 1.82) is 0 Å². The van der Waals surface area contributed by atoms with Gasteiger partial charge in [0.2, 0.25) is 17.1 Å². The van der Waals surface area contributed by atoms with Crippen LogP contribution in [0.15, 0.2) is 150 Å². The molecule has 4 heteroatoms. The Kier molecular flexibility index (Phi) is 8.75. The molecule has 0 N–H and O–H groups in total. The van der Waals surface area contributed by atoms with Gasteiger partial charge in [0.1, 0.15) is 0 Å². The van der Waals surface area contributed by atoms with E-state index in [4.69, 9.17) is 11.6 Å². The quantitative estimate of drug-likeness (QED) is 0.190. The van der Waals surface area contributed by atoms with E-state index in [1.165, 1.54) is 50.8 Å². The molecule has 0 aromatic heterocycles. The van der Waals surface area contributed by atoms with Crippen LogP contribution in [-0.4, -0.2) is 18.8 Å². The summed E-state index contributed by atoms with van der Waals surface area (Å²) >= 11 is 6.52. The van der Waals surface area contributed by atoms with Crippen molar-refractivity contribution in [1.82, 2.24) is 4.58 Å². The first kappa shape index (κ1) is 32.9. The zero-order valence-corrected chi connectivity index (χ0v) is 30.4. The topological polar surface area (TPSA) is 9.49 Å². The number of benzene rings is 4. The Morgan fingerprint density at radius 2 is 1.06 bits per heavy atom. The van der Waals surface area contributed by atoms with Gasteiger partial charge in [-0.1, -0.05) is 106 Å². The molecule has 1 aliphatic carbocycles. The summed E-state index contributed by atoms with van der Waals surface area (Å²) in [6.45, 7) is 15.7. The van der Waals surface area contributed by atoms with Crippen molar-refractivity contribution in [3.8, 4) is 0 Å². The highest BCUT2D eigenvalue weighted by atomic mass is 35.5. The number of halogens is 1. The summed E-state index contributed by atoms with van der Waals surface area (Å²) in [7, 11) is 0. The molecule has 4 aromatic rings. The summed E-state index contributed by atoms with van der Waals surface area (Å²) in [5, 5.41) is 0.786. The van der Waals surface area contributed by atoms with Crippen LogP contribution < -0.4 is 14.4 Å². The van der Waals surface area contributed by atoms with E-state index in [1.807, 2.05) is 6.07 Å². The Bertz CT molecular complexity index is 2000. The molecule has 1 fully saturated rings. The maximum absolute atomic E-state index is 6.52. The van der Waals surface area contributed by atoms with Crippen molar-refractivity contribution in [2.75, 3.05) is 22.9 Å². The number of hydrogen-bond donors (Lipinski definition) is 0. The molecule has 2 aliphatic heterocycles. The standard InChI is InChI=1S/C45H47ClN3/c1-7-47-39-22-16-15-21-37(39)44(3,4)41(47)29-25-32-23-24-33(43(32)49(35-17-11-9-12-18-35)36-19-13-10-14-20-36)26-30-42-45(5,6)38-31-34(46)27-28-40(38)48(42)8-2/h9-22,25-31H,7-8,23-24H2,1-6H3/q+1. The van der Waals surface area contributed by atoms with E-state index in [-0.39, 0.29) is 10.8 Å². The number of anilines is 2. The van der Waals surface area contributed by atoms with Crippen molar-refractivity contribution in [2.24, 2.45) is 0 Å². The van der Waals surface area contributed by atoms with E-state index in [1.54, 1.807) is 0 Å². The highest BCUT2D eigenvalue weighted by Crippen LogP contribution is 2.49. The first-order chi connectivity index (χ1) is 23.7. The lowest BCUT2D eigenvalue weighted by Crippen LogP contribution is -2.26. The molecule has 2 heterocycles. The highest BCUT2D eigenvalue weighted by Gasteiger charge is 2.41. The van der Waals surface area contributed by atoms with Gasteiger partial charge in [0, 0.05) is 87.1 Å². The van der Waals surface area contributed by atoms with Gasteiger partial charge >= 0.3 is 0 Å². The fraction of sp³-hybridized carbons (Fsp3) is 0.267. The number of allylic oxidation sites excluding steroid dienone is 8. The lowest BCUT2D eigenvalue weighted by atomic mass is 9.83. The minimum atomic E-state index is -0.166. The fourth-order valence-electron chi connectivity index (χ4n) is 8.21. The SMILES string of the molecule is CCN1/C(=C/C=C2\CC/C(=C\C=C3\N(CC)c4ccc(Cl)cc4C3(C)C)C2=[N+](c2ccccc2)c2ccccc2)C(C)(C)c2ccccc21. The molecule has 3 aliphatic rings. The molecule has 1 saturated carbocycles. The molecule has 0 unspecified atom stereocenters. The monoisotopic (exact) mass is 664 g/mol. The van der Waals surface area contributed by atoms with Gasteiger partial charge < -0.3 is 9.80 Å². The number of likely N-dealkylation sites (N-methyl/N-ethyl adjacent to an activating group) is 2. The van der Waals surface area contributed by atoms with Crippen LogP contribution in [-0.2, 0) is 10.8 Å². The fourth-order valence-corrected chi connectivity index (χ4v) is 8.39. The van der Waals surface area contributed by atoms with Crippen LogP contribution in [0.25, 0.3) is 0 Å². The zero-order chi connectivity index (χ0) is 34.3. The van der Waals surface area contributed by atoms with Gasteiger partial charge in [-0.3, -0.25) is 0 Å². The smallest absolute Gasteiger partial charge is 0.218 e. The van der Waals surface area contributed by atoms with Crippen LogP contribution in [0.4, 0.5) is 22.7 Å². The first-order valence-corrected chi connectivity index (χ1v) is 18.1. The minimum Gasteiger partial charge on any atom is -0.344 e. The second kappa shape index (κ2) is 13.0. The molecule has 49 heavy (non-hydrogen) atoms. The van der Waals surface area contributed by atoms with Gasteiger partial charge in [0.25, 0.3) is 0 Å². The van der Waals surface area contributed by atoms with Crippen LogP contribution >= 0.6 is 11.6 Å². The number of para-hydroxylation sites is 3. The second-order valence-electron chi connectivity index (χ2n) is 14.3. The lowest BCUT2D eigenvalue weighted by Gasteiger charge is -2.26. The van der Waals surface area contributed by atoms with Crippen LogP contribution in [0.2, 0.25) is 5.02 Å². The first-order valence-electron chi connectivity index (χ1n) is 17.7. The Hall–Kier alpha value is -4.60. The maximum atomic E-state index is 6.52. The van der Waals surface area contributed by atoms with E-state index in [9.17, 15) is 0 Å². The van der Waals surface area contributed by atoms with Crippen LogP contribution in [0.3, 0.4) is 0 Å². The van der Waals surface area contributed by atoms with Gasteiger partial charge in [-0.25, -0.2) is 0 Å². The summed E-state index contributed by atoms with van der Waals surface area (Å²) in [6.07, 6.45) is 11.5. The van der Waals surface area contributed by atoms with Gasteiger partial charge in [-0.05, 0) is 74.2 Å². The van der Waals surface area contributed by atoms with Gasteiger partial charge in [0.15, 0.2) is 0 Å². The molecule has 0 spiro atoms. The molecule has 4 aromatic carbocycles. The Morgan fingerprint density at radius 3 is 1.59 bits per heavy atom. The van der Waals surface area contributed by atoms with Crippen molar-refractivity contribution in [2.45, 2.75) is 65.2 Å². The van der Waals surface area contributed by atoms with Gasteiger partial charge in [0.05, 0.1) is 0 Å². The molecule has 0 amide bonds. The van der Waals surface area contributed by atoms with Crippen molar-refractivity contribution in [3.63, 3.8) is 0 Å². The van der Waals surface area contributed by atoms with Crippen LogP contribution in [0, 0.1) is 0 Å². The molecule has 0 atom stereocenters. The molecular weight excluding hydrogens is 618 g/mol. The number of rotatable bonds is 6. The summed E-state index contributed by atoms with van der Waals surface area (Å²) in [4.78, 5) is 4.93. The van der Waals surface area contributed by atoms with Crippen LogP contribution in [0.5, 0.6) is 0 Å². The second-order valence-corrected chi connectivity index (χ2v) is 14.7. The lowest BCUT2D eigenvalue weighted by molar-refractivity contribution is 0.633. The third-order valence-electron chi connectivity index (χ3n) is 10.7.